The predicted octanol–water partition coefficient (Wildman–Crippen LogP) is 2.69. The molecule has 2 atom stereocenters. The van der Waals surface area contributed by atoms with Gasteiger partial charge in [0.25, 0.3) is 0 Å². The van der Waals surface area contributed by atoms with E-state index in [1.54, 1.807) is 0 Å². The van der Waals surface area contributed by atoms with Crippen molar-refractivity contribution < 1.29 is 9.59 Å². The van der Waals surface area contributed by atoms with Crippen molar-refractivity contribution in [2.45, 2.75) is 31.1 Å². The van der Waals surface area contributed by atoms with Crippen molar-refractivity contribution in [3.63, 3.8) is 0 Å². The molecule has 0 bridgehead atoms. The number of carbonyl (C=O) groups excluding carboxylic acids is 2. The number of amides is 2. The zero-order valence-electron chi connectivity index (χ0n) is 13.0. The van der Waals surface area contributed by atoms with Gasteiger partial charge in [-0.2, -0.15) is 0 Å². The van der Waals surface area contributed by atoms with E-state index < -0.39 is 0 Å². The van der Waals surface area contributed by atoms with Crippen LogP contribution in [0.3, 0.4) is 0 Å². The van der Waals surface area contributed by atoms with Gasteiger partial charge in [0, 0.05) is 12.8 Å². The Hall–Kier alpha value is -2.62. The lowest BCUT2D eigenvalue weighted by Gasteiger charge is -2.23. The molecule has 120 valence electrons. The van der Waals surface area contributed by atoms with E-state index >= 15 is 0 Å². The van der Waals surface area contributed by atoms with Crippen molar-refractivity contribution in [2.75, 3.05) is 0 Å². The quantitative estimate of drug-likeness (QED) is 0.785. The fraction of sp³-hybridized carbons (Fsp3) is 0.263. The largest absolute Gasteiger partial charge is 0.370 e. The summed E-state index contributed by atoms with van der Waals surface area (Å²) in [5.74, 6) is -0.744. The van der Waals surface area contributed by atoms with Crippen molar-refractivity contribution in [3.8, 4) is 0 Å². The molecule has 0 aromatic heterocycles. The van der Waals surface area contributed by atoms with E-state index in [1.165, 1.54) is 0 Å². The van der Waals surface area contributed by atoms with E-state index in [4.69, 9.17) is 11.5 Å². The molecule has 0 radical (unpaired) electrons. The zero-order chi connectivity index (χ0) is 16.7. The molecule has 4 nitrogen and oxygen atoms in total. The minimum atomic E-state index is -0.343. The van der Waals surface area contributed by atoms with Crippen LogP contribution in [0.15, 0.2) is 60.7 Å². The van der Waals surface area contributed by atoms with Crippen molar-refractivity contribution in [3.05, 3.63) is 71.8 Å². The molecule has 2 aromatic rings. The molecule has 2 unspecified atom stereocenters. The highest BCUT2D eigenvalue weighted by atomic mass is 16.1. The minimum absolute atomic E-state index is 0.0294. The standard InChI is InChI=1S/C19H22N2O2/c20-18(22)12-16(14-7-3-1-4-8-14)11-17(13-19(21)23)15-9-5-2-6-10-15/h1-10,16-17H,11-13H2,(H2,20,22)(H2,21,23). The SMILES string of the molecule is NC(=O)CC(CC(CC(N)=O)c1ccccc1)c1ccccc1. The summed E-state index contributed by atoms with van der Waals surface area (Å²) in [5.41, 5.74) is 12.9. The number of primary amides is 2. The van der Waals surface area contributed by atoms with Crippen LogP contribution in [-0.2, 0) is 9.59 Å². The first-order valence-corrected chi connectivity index (χ1v) is 7.72. The molecular formula is C19H22N2O2. The van der Waals surface area contributed by atoms with Gasteiger partial charge in [0.1, 0.15) is 0 Å². The second kappa shape index (κ2) is 8.13. The number of hydrogen-bond donors (Lipinski definition) is 2. The molecule has 0 heterocycles. The first-order valence-electron chi connectivity index (χ1n) is 7.72. The van der Waals surface area contributed by atoms with Gasteiger partial charge in [-0.05, 0) is 29.4 Å². The van der Waals surface area contributed by atoms with Crippen LogP contribution in [0.25, 0.3) is 0 Å². The molecule has 4 heteroatoms. The third kappa shape index (κ3) is 5.25. The van der Waals surface area contributed by atoms with Gasteiger partial charge in [-0.3, -0.25) is 9.59 Å². The van der Waals surface area contributed by atoms with Gasteiger partial charge in [0.2, 0.25) is 11.8 Å². The van der Waals surface area contributed by atoms with Gasteiger partial charge in [0.15, 0.2) is 0 Å². The Bertz CT molecular complexity index is 583. The van der Waals surface area contributed by atoms with Crippen LogP contribution in [0, 0.1) is 0 Å². The normalized spacial score (nSPS) is 13.2. The van der Waals surface area contributed by atoms with Gasteiger partial charge in [-0.25, -0.2) is 0 Å². The van der Waals surface area contributed by atoms with Gasteiger partial charge in [0.05, 0.1) is 0 Å². The number of carbonyl (C=O) groups is 2. The number of hydrogen-bond acceptors (Lipinski definition) is 2. The first kappa shape index (κ1) is 16.7. The fourth-order valence-electron chi connectivity index (χ4n) is 2.95. The molecule has 0 aliphatic rings. The third-order valence-electron chi connectivity index (χ3n) is 4.01. The second-order valence-corrected chi connectivity index (χ2v) is 5.79. The average molecular weight is 310 g/mol. The van der Waals surface area contributed by atoms with Crippen molar-refractivity contribution in [2.24, 2.45) is 11.5 Å². The molecule has 0 aliphatic carbocycles. The highest BCUT2D eigenvalue weighted by molar-refractivity contribution is 5.75. The van der Waals surface area contributed by atoms with Crippen LogP contribution in [0.4, 0.5) is 0 Å². The molecule has 0 aliphatic heterocycles. The minimum Gasteiger partial charge on any atom is -0.370 e. The number of nitrogens with two attached hydrogens (primary N) is 2. The highest BCUT2D eigenvalue weighted by Crippen LogP contribution is 2.34. The van der Waals surface area contributed by atoms with Crippen LogP contribution >= 0.6 is 0 Å². The molecule has 4 N–H and O–H groups in total. The summed E-state index contributed by atoms with van der Waals surface area (Å²) in [4.78, 5) is 22.9. The van der Waals surface area contributed by atoms with E-state index in [9.17, 15) is 9.59 Å². The van der Waals surface area contributed by atoms with E-state index in [0.717, 1.165) is 11.1 Å². The van der Waals surface area contributed by atoms with Crippen LogP contribution in [0.1, 0.15) is 42.2 Å². The number of rotatable bonds is 8. The maximum Gasteiger partial charge on any atom is 0.218 e. The van der Waals surface area contributed by atoms with E-state index in [-0.39, 0.29) is 36.5 Å². The molecule has 23 heavy (non-hydrogen) atoms. The van der Waals surface area contributed by atoms with Gasteiger partial charge >= 0.3 is 0 Å². The van der Waals surface area contributed by atoms with Crippen molar-refractivity contribution in [1.29, 1.82) is 0 Å². The van der Waals surface area contributed by atoms with Crippen LogP contribution in [0.2, 0.25) is 0 Å². The Morgan fingerprint density at radius 2 is 1.04 bits per heavy atom. The summed E-state index contributed by atoms with van der Waals surface area (Å²) in [6, 6.07) is 19.6. The lowest BCUT2D eigenvalue weighted by Crippen LogP contribution is -2.20. The molecule has 2 rings (SSSR count). The van der Waals surface area contributed by atoms with Crippen LogP contribution in [-0.4, -0.2) is 11.8 Å². The molecule has 2 aromatic carbocycles. The Morgan fingerprint density at radius 3 is 1.35 bits per heavy atom. The summed E-state index contributed by atoms with van der Waals surface area (Å²) in [6.45, 7) is 0. The Kier molecular flexibility index (Phi) is 5.92. The highest BCUT2D eigenvalue weighted by Gasteiger charge is 2.22. The van der Waals surface area contributed by atoms with E-state index in [2.05, 4.69) is 0 Å². The molecule has 0 fully saturated rings. The first-order chi connectivity index (χ1) is 11.1. The lowest BCUT2D eigenvalue weighted by molar-refractivity contribution is -0.118. The smallest absolute Gasteiger partial charge is 0.218 e. The van der Waals surface area contributed by atoms with Crippen molar-refractivity contribution in [1.82, 2.24) is 0 Å². The third-order valence-corrected chi connectivity index (χ3v) is 4.01. The lowest BCUT2D eigenvalue weighted by atomic mass is 9.81. The second-order valence-electron chi connectivity index (χ2n) is 5.79. The summed E-state index contributed by atoms with van der Waals surface area (Å²) in [7, 11) is 0. The predicted molar refractivity (Wildman–Crippen MR) is 90.6 cm³/mol. The molecular weight excluding hydrogens is 288 g/mol. The molecule has 0 saturated heterocycles. The Morgan fingerprint density at radius 1 is 0.696 bits per heavy atom. The van der Waals surface area contributed by atoms with Gasteiger partial charge < -0.3 is 11.5 Å². The molecule has 0 saturated carbocycles. The van der Waals surface area contributed by atoms with E-state index in [1.807, 2.05) is 60.7 Å². The zero-order valence-corrected chi connectivity index (χ0v) is 13.0. The summed E-state index contributed by atoms with van der Waals surface area (Å²) in [5, 5.41) is 0. The van der Waals surface area contributed by atoms with Crippen LogP contribution < -0.4 is 11.5 Å². The van der Waals surface area contributed by atoms with Gasteiger partial charge in [-0.1, -0.05) is 60.7 Å². The van der Waals surface area contributed by atoms with Crippen molar-refractivity contribution >= 4 is 11.8 Å². The number of benzene rings is 2. The molecule has 2 amide bonds. The fourth-order valence-corrected chi connectivity index (χ4v) is 2.95. The maximum atomic E-state index is 11.5. The molecule has 0 spiro atoms. The summed E-state index contributed by atoms with van der Waals surface area (Å²) >= 11 is 0. The maximum absolute atomic E-state index is 11.5. The summed E-state index contributed by atoms with van der Waals surface area (Å²) in [6.07, 6.45) is 1.16. The summed E-state index contributed by atoms with van der Waals surface area (Å²) < 4.78 is 0. The van der Waals surface area contributed by atoms with Gasteiger partial charge in [-0.15, -0.1) is 0 Å². The Labute approximate surface area is 136 Å². The van der Waals surface area contributed by atoms with Crippen LogP contribution in [0.5, 0.6) is 0 Å². The average Bonchev–Trinajstić information content (AvgIpc) is 2.54. The van der Waals surface area contributed by atoms with E-state index in [0.29, 0.717) is 6.42 Å². The Balaban J connectivity index is 2.26. The topological polar surface area (TPSA) is 86.2 Å². The monoisotopic (exact) mass is 310 g/mol.